The van der Waals surface area contributed by atoms with E-state index in [1.54, 1.807) is 0 Å². The Labute approximate surface area is 129 Å². The lowest BCUT2D eigenvalue weighted by atomic mass is 10.1. The fourth-order valence-corrected chi connectivity index (χ4v) is 3.15. The number of anilines is 1. The van der Waals surface area contributed by atoms with Gasteiger partial charge in [-0.25, -0.2) is 9.78 Å². The molecule has 0 saturated heterocycles. The predicted molar refractivity (Wildman–Crippen MR) is 86.6 cm³/mol. The highest BCUT2D eigenvalue weighted by atomic mass is 32.1. The first-order valence-electron chi connectivity index (χ1n) is 6.99. The second-order valence-electron chi connectivity index (χ2n) is 5.18. The van der Waals surface area contributed by atoms with Crippen molar-refractivity contribution in [1.82, 2.24) is 4.98 Å². The highest BCUT2D eigenvalue weighted by Gasteiger charge is 2.16. The number of thiazole rings is 1. The van der Waals surface area contributed by atoms with E-state index < -0.39 is 5.97 Å². The smallest absolute Gasteiger partial charge is 0.347 e. The van der Waals surface area contributed by atoms with Gasteiger partial charge in [-0.2, -0.15) is 0 Å². The van der Waals surface area contributed by atoms with Crippen molar-refractivity contribution in [3.63, 3.8) is 0 Å². The maximum atomic E-state index is 11.3. The number of hydrogen-bond acceptors (Lipinski definition) is 4. The van der Waals surface area contributed by atoms with E-state index in [1.165, 1.54) is 11.3 Å². The van der Waals surface area contributed by atoms with Crippen molar-refractivity contribution in [2.75, 3.05) is 19.0 Å². The van der Waals surface area contributed by atoms with Crippen molar-refractivity contribution in [1.29, 1.82) is 0 Å². The summed E-state index contributed by atoms with van der Waals surface area (Å²) in [6, 6.07) is 8.23. The molecular formula is C16H20N2O2S. The zero-order chi connectivity index (χ0) is 15.4. The third-order valence-corrected chi connectivity index (χ3v) is 4.29. The monoisotopic (exact) mass is 304 g/mol. The third-order valence-electron chi connectivity index (χ3n) is 3.20. The normalized spacial score (nSPS) is 10.6. The summed E-state index contributed by atoms with van der Waals surface area (Å²) in [5.74, 6) is -0.871. The fourth-order valence-electron chi connectivity index (χ4n) is 2.17. The van der Waals surface area contributed by atoms with E-state index in [0.29, 0.717) is 17.0 Å². The molecule has 1 aromatic heterocycles. The topological polar surface area (TPSA) is 53.4 Å². The van der Waals surface area contributed by atoms with Crippen LogP contribution in [0.15, 0.2) is 24.3 Å². The van der Waals surface area contributed by atoms with Crippen molar-refractivity contribution in [3.8, 4) is 0 Å². The molecule has 0 aliphatic rings. The van der Waals surface area contributed by atoms with Crippen molar-refractivity contribution in [2.45, 2.75) is 26.2 Å². The Bertz CT molecular complexity index is 635. The van der Waals surface area contributed by atoms with Crippen molar-refractivity contribution >= 4 is 23.0 Å². The Kier molecular flexibility index (Phi) is 4.96. The predicted octanol–water partition coefficient (Wildman–Crippen LogP) is 3.45. The molecule has 0 amide bonds. The number of carbonyl (C=O) groups is 1. The van der Waals surface area contributed by atoms with Crippen molar-refractivity contribution < 1.29 is 9.90 Å². The van der Waals surface area contributed by atoms with Gasteiger partial charge in [0.1, 0.15) is 4.88 Å². The van der Waals surface area contributed by atoms with Crippen LogP contribution >= 0.6 is 11.3 Å². The Morgan fingerprint density at radius 2 is 2.14 bits per heavy atom. The Balaban J connectivity index is 2.25. The molecule has 0 bridgehead atoms. The van der Waals surface area contributed by atoms with Crippen LogP contribution in [0.1, 0.15) is 39.3 Å². The van der Waals surface area contributed by atoms with Crippen LogP contribution < -0.4 is 4.90 Å². The minimum Gasteiger partial charge on any atom is -0.477 e. The highest BCUT2D eigenvalue weighted by molar-refractivity contribution is 7.13. The van der Waals surface area contributed by atoms with Gasteiger partial charge in [-0.3, -0.25) is 0 Å². The molecule has 2 aromatic rings. The first-order chi connectivity index (χ1) is 10.0. The summed E-state index contributed by atoms with van der Waals surface area (Å²) in [5, 5.41) is 10.1. The van der Waals surface area contributed by atoms with E-state index in [1.807, 2.05) is 33.2 Å². The number of carboxylic acids is 1. The van der Waals surface area contributed by atoms with Gasteiger partial charge in [-0.1, -0.05) is 25.5 Å². The van der Waals surface area contributed by atoms with E-state index in [9.17, 15) is 9.90 Å². The van der Waals surface area contributed by atoms with Gasteiger partial charge >= 0.3 is 5.97 Å². The van der Waals surface area contributed by atoms with Crippen LogP contribution in [-0.4, -0.2) is 30.2 Å². The maximum absolute atomic E-state index is 11.3. The number of benzene rings is 1. The van der Waals surface area contributed by atoms with E-state index >= 15 is 0 Å². The quantitative estimate of drug-likeness (QED) is 0.888. The highest BCUT2D eigenvalue weighted by Crippen LogP contribution is 2.24. The molecule has 5 heteroatoms. The summed E-state index contributed by atoms with van der Waals surface area (Å²) >= 11 is 1.29. The standard InChI is InChI=1S/C16H20N2O2S/c1-4-6-13-15(16(19)20)21-14(17-13)10-11-7-5-8-12(9-11)18(2)3/h5,7-9H,4,6,10H2,1-3H3,(H,19,20). The molecule has 1 aromatic carbocycles. The number of aromatic carboxylic acids is 1. The lowest BCUT2D eigenvalue weighted by molar-refractivity contribution is 0.0700. The second kappa shape index (κ2) is 6.72. The van der Waals surface area contributed by atoms with Crippen molar-refractivity contribution in [2.24, 2.45) is 0 Å². The third kappa shape index (κ3) is 3.82. The lowest BCUT2D eigenvalue weighted by Gasteiger charge is -2.13. The molecule has 0 saturated carbocycles. The van der Waals surface area contributed by atoms with E-state index in [2.05, 4.69) is 22.0 Å². The van der Waals surface area contributed by atoms with Crippen LogP contribution in [-0.2, 0) is 12.8 Å². The first kappa shape index (κ1) is 15.5. The molecular weight excluding hydrogens is 284 g/mol. The van der Waals surface area contributed by atoms with Gasteiger partial charge in [0.2, 0.25) is 0 Å². The summed E-state index contributed by atoms with van der Waals surface area (Å²) in [6.07, 6.45) is 2.30. The van der Waals surface area contributed by atoms with Gasteiger partial charge in [-0.15, -0.1) is 11.3 Å². The fraction of sp³-hybridized carbons (Fsp3) is 0.375. The average molecular weight is 304 g/mol. The largest absolute Gasteiger partial charge is 0.477 e. The second-order valence-corrected chi connectivity index (χ2v) is 6.26. The molecule has 2 rings (SSSR count). The first-order valence-corrected chi connectivity index (χ1v) is 7.81. The van der Waals surface area contributed by atoms with Gasteiger partial charge in [0.05, 0.1) is 10.7 Å². The molecule has 0 radical (unpaired) electrons. The molecule has 0 spiro atoms. The molecule has 4 nitrogen and oxygen atoms in total. The summed E-state index contributed by atoms with van der Waals surface area (Å²) in [5.41, 5.74) is 3.00. The maximum Gasteiger partial charge on any atom is 0.347 e. The lowest BCUT2D eigenvalue weighted by Crippen LogP contribution is -2.08. The van der Waals surface area contributed by atoms with Gasteiger partial charge in [-0.05, 0) is 24.1 Å². The van der Waals surface area contributed by atoms with Crippen LogP contribution in [0.5, 0.6) is 0 Å². The Morgan fingerprint density at radius 1 is 1.38 bits per heavy atom. The molecule has 0 aliphatic carbocycles. The Hall–Kier alpha value is -1.88. The summed E-state index contributed by atoms with van der Waals surface area (Å²) in [6.45, 7) is 2.03. The van der Waals surface area contributed by atoms with Crippen LogP contribution in [0.25, 0.3) is 0 Å². The number of carboxylic acid groups (broad SMARTS) is 1. The van der Waals surface area contributed by atoms with E-state index in [0.717, 1.165) is 29.1 Å². The van der Waals surface area contributed by atoms with Crippen LogP contribution in [0, 0.1) is 0 Å². The van der Waals surface area contributed by atoms with E-state index in [-0.39, 0.29) is 0 Å². The van der Waals surface area contributed by atoms with Crippen LogP contribution in [0.2, 0.25) is 0 Å². The summed E-state index contributed by atoms with van der Waals surface area (Å²) in [4.78, 5) is 18.2. The molecule has 112 valence electrons. The molecule has 1 heterocycles. The van der Waals surface area contributed by atoms with Crippen LogP contribution in [0.4, 0.5) is 5.69 Å². The number of rotatable bonds is 6. The average Bonchev–Trinajstić information content (AvgIpc) is 2.82. The molecule has 0 aliphatic heterocycles. The minimum atomic E-state index is -0.871. The summed E-state index contributed by atoms with van der Waals surface area (Å²) < 4.78 is 0. The minimum absolute atomic E-state index is 0.385. The van der Waals surface area contributed by atoms with E-state index in [4.69, 9.17) is 0 Å². The number of aromatic nitrogens is 1. The number of hydrogen-bond donors (Lipinski definition) is 1. The summed E-state index contributed by atoms with van der Waals surface area (Å²) in [7, 11) is 4.01. The molecule has 1 N–H and O–H groups in total. The van der Waals surface area contributed by atoms with Gasteiger partial charge in [0.25, 0.3) is 0 Å². The SMILES string of the molecule is CCCc1nc(Cc2cccc(N(C)C)c2)sc1C(=O)O. The van der Waals surface area contributed by atoms with Gasteiger partial charge in [0, 0.05) is 26.2 Å². The number of aryl methyl sites for hydroxylation is 1. The van der Waals surface area contributed by atoms with Gasteiger partial charge in [0.15, 0.2) is 0 Å². The Morgan fingerprint density at radius 3 is 2.76 bits per heavy atom. The number of nitrogens with zero attached hydrogens (tertiary/aromatic N) is 2. The molecule has 0 fully saturated rings. The van der Waals surface area contributed by atoms with Crippen molar-refractivity contribution in [3.05, 3.63) is 45.4 Å². The zero-order valence-electron chi connectivity index (χ0n) is 12.6. The molecule has 21 heavy (non-hydrogen) atoms. The molecule has 0 unspecified atom stereocenters. The molecule has 0 atom stereocenters. The van der Waals surface area contributed by atoms with Crippen LogP contribution in [0.3, 0.4) is 0 Å². The zero-order valence-corrected chi connectivity index (χ0v) is 13.4. The van der Waals surface area contributed by atoms with Gasteiger partial charge < -0.3 is 10.0 Å².